The van der Waals surface area contributed by atoms with Crippen LogP contribution in [0.15, 0.2) is 17.0 Å². The maximum Gasteiger partial charge on any atom is 0.337 e. The molecule has 0 fully saturated rings. The highest BCUT2D eigenvalue weighted by atomic mass is 32.2. The molecule has 0 unspecified atom stereocenters. The van der Waals surface area contributed by atoms with Crippen LogP contribution in [-0.4, -0.2) is 33.1 Å². The summed E-state index contributed by atoms with van der Waals surface area (Å²) in [6.45, 7) is 1.44. The van der Waals surface area contributed by atoms with Crippen LogP contribution in [0, 0.1) is 5.82 Å². The quantitative estimate of drug-likeness (QED) is 0.741. The molecule has 0 N–H and O–H groups in total. The summed E-state index contributed by atoms with van der Waals surface area (Å²) < 4.78 is 61.3. The summed E-state index contributed by atoms with van der Waals surface area (Å²) in [4.78, 5) is 10.7. The first-order chi connectivity index (χ1) is 9.27. The summed E-state index contributed by atoms with van der Waals surface area (Å²) in [6, 6.07) is 1.66. The molecule has 0 saturated carbocycles. The lowest BCUT2D eigenvalue weighted by molar-refractivity contribution is 0.0599. The molecule has 2 atom stereocenters. The minimum absolute atomic E-state index is 0.322. The molecule has 110 valence electrons. The zero-order chi connectivity index (χ0) is 15.1. The van der Waals surface area contributed by atoms with Crippen molar-refractivity contribution in [1.82, 2.24) is 0 Å². The summed E-state index contributed by atoms with van der Waals surface area (Å²) in [5.74, 6) is -2.53. The molecule has 1 aromatic rings. The Morgan fingerprint density at radius 3 is 2.70 bits per heavy atom. The van der Waals surface area contributed by atoms with Gasteiger partial charge in [-0.2, -0.15) is 0 Å². The Morgan fingerprint density at radius 1 is 1.45 bits per heavy atom. The zero-order valence-corrected chi connectivity index (χ0v) is 11.5. The van der Waals surface area contributed by atoms with E-state index in [0.29, 0.717) is 0 Å². The van der Waals surface area contributed by atoms with Crippen LogP contribution in [0.1, 0.15) is 23.7 Å². The standard InChI is InChI=1S/C12H12F2O5S/c1-6-3-10(14)20(16,17)9-5-7(12(15)18-2)4-8(13)11(9)19-6/h4-6,10H,3H2,1-2H3/t6-,10+/m1/s1. The van der Waals surface area contributed by atoms with Crippen molar-refractivity contribution in [3.63, 3.8) is 0 Å². The van der Waals surface area contributed by atoms with Gasteiger partial charge in [-0.25, -0.2) is 22.0 Å². The third kappa shape index (κ3) is 2.35. The second-order valence-electron chi connectivity index (χ2n) is 4.40. The number of carbonyl (C=O) groups is 1. The van der Waals surface area contributed by atoms with Crippen LogP contribution in [0.2, 0.25) is 0 Å². The van der Waals surface area contributed by atoms with Gasteiger partial charge in [-0.05, 0) is 19.1 Å². The lowest BCUT2D eigenvalue weighted by Gasteiger charge is -2.12. The molecule has 0 aromatic heterocycles. The molecule has 1 heterocycles. The maximum atomic E-state index is 13.9. The third-order valence-electron chi connectivity index (χ3n) is 2.91. The van der Waals surface area contributed by atoms with Crippen molar-refractivity contribution in [2.75, 3.05) is 7.11 Å². The first kappa shape index (κ1) is 14.7. The number of ether oxygens (including phenoxy) is 2. The Labute approximate surface area is 114 Å². The highest BCUT2D eigenvalue weighted by molar-refractivity contribution is 7.92. The van der Waals surface area contributed by atoms with E-state index in [-0.39, 0.29) is 5.56 Å². The van der Waals surface area contributed by atoms with Gasteiger partial charge in [-0.1, -0.05) is 0 Å². The van der Waals surface area contributed by atoms with Gasteiger partial charge < -0.3 is 9.47 Å². The number of alkyl halides is 1. The van der Waals surface area contributed by atoms with Gasteiger partial charge in [0.05, 0.1) is 18.8 Å². The van der Waals surface area contributed by atoms with Gasteiger partial charge in [0.25, 0.3) is 0 Å². The van der Waals surface area contributed by atoms with Gasteiger partial charge >= 0.3 is 5.97 Å². The molecule has 8 heteroatoms. The van der Waals surface area contributed by atoms with Gasteiger partial charge in [0, 0.05) is 6.42 Å². The smallest absolute Gasteiger partial charge is 0.337 e. The van der Waals surface area contributed by atoms with E-state index in [1.807, 2.05) is 0 Å². The van der Waals surface area contributed by atoms with Crippen molar-refractivity contribution in [1.29, 1.82) is 0 Å². The van der Waals surface area contributed by atoms with Crippen LogP contribution in [0.3, 0.4) is 0 Å². The SMILES string of the molecule is COC(=O)c1cc(F)c2c(c1)S(=O)(=O)[C@H](F)C[C@@H](C)O2. The van der Waals surface area contributed by atoms with Crippen molar-refractivity contribution in [2.24, 2.45) is 0 Å². The summed E-state index contributed by atoms with van der Waals surface area (Å²) >= 11 is 0. The molecule has 0 spiro atoms. The first-order valence-electron chi connectivity index (χ1n) is 5.74. The van der Waals surface area contributed by atoms with Gasteiger partial charge in [-0.15, -0.1) is 0 Å². The topological polar surface area (TPSA) is 69.7 Å². The molecular formula is C12H12F2O5S. The Kier molecular flexibility index (Phi) is 3.68. The zero-order valence-electron chi connectivity index (χ0n) is 10.7. The summed E-state index contributed by atoms with van der Waals surface area (Å²) in [6.07, 6.45) is -1.22. The molecule has 2 rings (SSSR count). The molecule has 1 aliphatic heterocycles. The van der Waals surface area contributed by atoms with E-state index in [4.69, 9.17) is 4.74 Å². The largest absolute Gasteiger partial charge is 0.486 e. The van der Waals surface area contributed by atoms with E-state index in [1.54, 1.807) is 0 Å². The molecule has 0 saturated heterocycles. The molecule has 20 heavy (non-hydrogen) atoms. The van der Waals surface area contributed by atoms with Gasteiger partial charge in [-0.3, -0.25) is 0 Å². The lowest BCUT2D eigenvalue weighted by Crippen LogP contribution is -2.20. The Morgan fingerprint density at radius 2 is 2.10 bits per heavy atom. The van der Waals surface area contributed by atoms with E-state index in [2.05, 4.69) is 4.74 Å². The number of halogens is 2. The molecule has 1 aromatic carbocycles. The summed E-state index contributed by atoms with van der Waals surface area (Å²) in [5, 5.41) is 0. The van der Waals surface area contributed by atoms with Crippen molar-refractivity contribution in [3.05, 3.63) is 23.5 Å². The van der Waals surface area contributed by atoms with Gasteiger partial charge in [0.1, 0.15) is 4.90 Å². The van der Waals surface area contributed by atoms with E-state index < -0.39 is 50.3 Å². The van der Waals surface area contributed by atoms with Crippen molar-refractivity contribution in [3.8, 4) is 5.75 Å². The van der Waals surface area contributed by atoms with E-state index in [9.17, 15) is 22.0 Å². The highest BCUT2D eigenvalue weighted by Crippen LogP contribution is 2.37. The Bertz CT molecular complexity index is 656. The van der Waals surface area contributed by atoms with Crippen molar-refractivity contribution < 1.29 is 31.5 Å². The Hall–Kier alpha value is -1.70. The molecule has 0 amide bonds. The molecule has 0 radical (unpaired) electrons. The van der Waals surface area contributed by atoms with E-state index in [0.717, 1.165) is 19.2 Å². The highest BCUT2D eigenvalue weighted by Gasteiger charge is 2.38. The molecule has 1 aliphatic rings. The minimum Gasteiger partial charge on any atom is -0.486 e. The molecular weight excluding hydrogens is 294 g/mol. The van der Waals surface area contributed by atoms with E-state index in [1.165, 1.54) is 6.92 Å². The van der Waals surface area contributed by atoms with Gasteiger partial charge in [0.15, 0.2) is 11.6 Å². The second kappa shape index (κ2) is 5.01. The first-order valence-corrected chi connectivity index (χ1v) is 7.28. The number of carbonyl (C=O) groups excluding carboxylic acids is 1. The van der Waals surface area contributed by atoms with Crippen LogP contribution in [0.5, 0.6) is 5.75 Å². The number of sulfone groups is 1. The van der Waals surface area contributed by atoms with Crippen LogP contribution in [0.4, 0.5) is 8.78 Å². The second-order valence-corrected chi connectivity index (χ2v) is 6.44. The average Bonchev–Trinajstić information content (AvgIpc) is 2.46. The fraction of sp³-hybridized carbons (Fsp3) is 0.417. The maximum absolute atomic E-state index is 13.9. The lowest BCUT2D eigenvalue weighted by atomic mass is 10.2. The average molecular weight is 306 g/mol. The van der Waals surface area contributed by atoms with Crippen LogP contribution < -0.4 is 4.74 Å². The number of esters is 1. The predicted octanol–water partition coefficient (Wildman–Crippen LogP) is 1.85. The number of hydrogen-bond donors (Lipinski definition) is 0. The number of hydrogen-bond acceptors (Lipinski definition) is 5. The van der Waals surface area contributed by atoms with Crippen molar-refractivity contribution in [2.45, 2.75) is 29.8 Å². The number of methoxy groups -OCH3 is 1. The number of fused-ring (bicyclic) bond motifs is 1. The normalized spacial score (nSPS) is 24.2. The fourth-order valence-electron chi connectivity index (χ4n) is 1.90. The van der Waals surface area contributed by atoms with Crippen molar-refractivity contribution >= 4 is 15.8 Å². The summed E-state index contributed by atoms with van der Waals surface area (Å²) in [7, 11) is -3.35. The summed E-state index contributed by atoms with van der Waals surface area (Å²) in [5.41, 5.74) is -2.54. The van der Waals surface area contributed by atoms with Crippen LogP contribution in [-0.2, 0) is 14.6 Å². The number of benzene rings is 1. The predicted molar refractivity (Wildman–Crippen MR) is 64.5 cm³/mol. The Balaban J connectivity index is 2.71. The molecule has 5 nitrogen and oxygen atoms in total. The van der Waals surface area contributed by atoms with E-state index >= 15 is 0 Å². The monoisotopic (exact) mass is 306 g/mol. The third-order valence-corrected chi connectivity index (χ3v) is 4.69. The van der Waals surface area contributed by atoms with Crippen LogP contribution in [0.25, 0.3) is 0 Å². The molecule has 0 bridgehead atoms. The molecule has 0 aliphatic carbocycles. The minimum atomic E-state index is -4.42. The fourth-order valence-corrected chi connectivity index (χ4v) is 3.40. The van der Waals surface area contributed by atoms with Crippen LogP contribution >= 0.6 is 0 Å². The number of rotatable bonds is 1. The van der Waals surface area contributed by atoms with Gasteiger partial charge in [0.2, 0.25) is 15.3 Å².